The molecule has 0 aliphatic heterocycles. The Morgan fingerprint density at radius 1 is 0.958 bits per heavy atom. The van der Waals surface area contributed by atoms with Crippen LogP contribution in [-0.2, 0) is 9.59 Å². The van der Waals surface area contributed by atoms with E-state index in [4.69, 9.17) is 0 Å². The zero-order valence-electron chi connectivity index (χ0n) is 13.6. The Labute approximate surface area is 149 Å². The van der Waals surface area contributed by atoms with E-state index in [-0.39, 0.29) is 23.7 Å². The summed E-state index contributed by atoms with van der Waals surface area (Å²) in [6.07, 6.45) is 0.590. The smallest absolute Gasteiger partial charge is 0.228 e. The standard InChI is InChI=1S/C19H19BrN2O2/c1-11-7-8-17(15(20)9-11)22-19(24)14-10-13(14)18(23)21-16-6-4-3-5-12(16)2/h3-9,13-14H,10H2,1-2H3,(H,21,23)(H,22,24). The van der Waals surface area contributed by atoms with Crippen LogP contribution < -0.4 is 10.6 Å². The van der Waals surface area contributed by atoms with E-state index in [2.05, 4.69) is 26.6 Å². The summed E-state index contributed by atoms with van der Waals surface area (Å²) >= 11 is 3.45. The van der Waals surface area contributed by atoms with Crippen molar-refractivity contribution in [3.05, 3.63) is 58.1 Å². The van der Waals surface area contributed by atoms with Crippen LogP contribution in [0.15, 0.2) is 46.9 Å². The van der Waals surface area contributed by atoms with Gasteiger partial charge in [-0.25, -0.2) is 0 Å². The van der Waals surface area contributed by atoms with E-state index < -0.39 is 0 Å². The van der Waals surface area contributed by atoms with E-state index in [1.165, 1.54) is 0 Å². The molecule has 2 atom stereocenters. The van der Waals surface area contributed by atoms with E-state index in [0.717, 1.165) is 27.0 Å². The molecule has 2 N–H and O–H groups in total. The van der Waals surface area contributed by atoms with Crippen molar-refractivity contribution in [2.24, 2.45) is 11.8 Å². The number of benzene rings is 2. The van der Waals surface area contributed by atoms with Crippen molar-refractivity contribution in [2.75, 3.05) is 10.6 Å². The molecule has 2 aromatic rings. The fourth-order valence-corrected chi connectivity index (χ4v) is 3.25. The van der Waals surface area contributed by atoms with Crippen LogP contribution in [0.4, 0.5) is 11.4 Å². The highest BCUT2D eigenvalue weighted by atomic mass is 79.9. The van der Waals surface area contributed by atoms with Crippen molar-refractivity contribution in [2.45, 2.75) is 20.3 Å². The van der Waals surface area contributed by atoms with Crippen LogP contribution in [0.3, 0.4) is 0 Å². The second-order valence-electron chi connectivity index (χ2n) is 6.23. The molecule has 2 unspecified atom stereocenters. The Morgan fingerprint density at radius 3 is 2.21 bits per heavy atom. The third-order valence-corrected chi connectivity index (χ3v) is 4.91. The molecular formula is C19H19BrN2O2. The van der Waals surface area contributed by atoms with Crippen LogP contribution in [-0.4, -0.2) is 11.8 Å². The molecule has 0 saturated heterocycles. The summed E-state index contributed by atoms with van der Waals surface area (Å²) in [4.78, 5) is 24.6. The normalized spacial score (nSPS) is 18.8. The predicted molar refractivity (Wildman–Crippen MR) is 98.9 cm³/mol. The van der Waals surface area contributed by atoms with Crippen LogP contribution in [0.5, 0.6) is 0 Å². The number of rotatable bonds is 4. The largest absolute Gasteiger partial charge is 0.326 e. The van der Waals surface area contributed by atoms with Crippen molar-refractivity contribution in [1.29, 1.82) is 0 Å². The first kappa shape index (κ1) is 16.7. The lowest BCUT2D eigenvalue weighted by Gasteiger charge is -2.09. The minimum Gasteiger partial charge on any atom is -0.326 e. The number of amides is 2. The van der Waals surface area contributed by atoms with Crippen molar-refractivity contribution in [3.63, 3.8) is 0 Å². The zero-order valence-corrected chi connectivity index (χ0v) is 15.2. The number of carbonyl (C=O) groups excluding carboxylic acids is 2. The number of aryl methyl sites for hydroxylation is 2. The van der Waals surface area contributed by atoms with Gasteiger partial charge < -0.3 is 10.6 Å². The highest BCUT2D eigenvalue weighted by Crippen LogP contribution is 2.40. The summed E-state index contributed by atoms with van der Waals surface area (Å²) in [6.45, 7) is 3.94. The summed E-state index contributed by atoms with van der Waals surface area (Å²) in [5.41, 5.74) is 3.66. The van der Waals surface area contributed by atoms with Gasteiger partial charge in [0.2, 0.25) is 11.8 Å². The summed E-state index contributed by atoms with van der Waals surface area (Å²) in [7, 11) is 0. The van der Waals surface area contributed by atoms with Gasteiger partial charge in [0, 0.05) is 10.2 Å². The zero-order chi connectivity index (χ0) is 17.3. The molecule has 5 heteroatoms. The van der Waals surface area contributed by atoms with Crippen LogP contribution in [0.25, 0.3) is 0 Å². The number of para-hydroxylation sites is 1. The maximum atomic E-state index is 12.3. The monoisotopic (exact) mass is 386 g/mol. The van der Waals surface area contributed by atoms with Crippen LogP contribution in [0.2, 0.25) is 0 Å². The molecular weight excluding hydrogens is 368 g/mol. The maximum Gasteiger partial charge on any atom is 0.228 e. The quantitative estimate of drug-likeness (QED) is 0.823. The molecule has 2 aromatic carbocycles. The fourth-order valence-electron chi connectivity index (χ4n) is 2.66. The van der Waals surface area contributed by atoms with E-state index in [1.807, 2.05) is 56.3 Å². The first-order valence-corrected chi connectivity index (χ1v) is 8.68. The number of nitrogens with one attached hydrogen (secondary N) is 2. The minimum absolute atomic E-state index is 0.0904. The van der Waals surface area contributed by atoms with Gasteiger partial charge in [-0.15, -0.1) is 0 Å². The Kier molecular flexibility index (Phi) is 4.71. The van der Waals surface area contributed by atoms with Gasteiger partial charge in [0.1, 0.15) is 0 Å². The Morgan fingerprint density at radius 2 is 1.58 bits per heavy atom. The molecule has 0 radical (unpaired) electrons. The number of halogens is 1. The Hall–Kier alpha value is -2.14. The van der Waals surface area contributed by atoms with Gasteiger partial charge in [-0.1, -0.05) is 24.3 Å². The summed E-state index contributed by atoms with van der Waals surface area (Å²) in [5, 5.41) is 5.81. The fraction of sp³-hybridized carbons (Fsp3) is 0.263. The minimum atomic E-state index is -0.262. The van der Waals surface area contributed by atoms with Crippen molar-refractivity contribution < 1.29 is 9.59 Å². The van der Waals surface area contributed by atoms with Crippen LogP contribution in [0, 0.1) is 25.7 Å². The summed E-state index contributed by atoms with van der Waals surface area (Å²) in [5.74, 6) is -0.715. The Bertz CT molecular complexity index is 804. The molecule has 0 heterocycles. The van der Waals surface area contributed by atoms with Crippen molar-refractivity contribution in [3.8, 4) is 0 Å². The van der Waals surface area contributed by atoms with Gasteiger partial charge in [0.25, 0.3) is 0 Å². The van der Waals surface area contributed by atoms with Crippen LogP contribution >= 0.6 is 15.9 Å². The molecule has 3 rings (SSSR count). The first-order valence-electron chi connectivity index (χ1n) is 7.89. The third-order valence-electron chi connectivity index (χ3n) is 4.25. The highest BCUT2D eigenvalue weighted by molar-refractivity contribution is 9.10. The molecule has 1 aliphatic rings. The van der Waals surface area contributed by atoms with E-state index in [9.17, 15) is 9.59 Å². The third kappa shape index (κ3) is 3.67. The molecule has 1 aliphatic carbocycles. The van der Waals surface area contributed by atoms with Gasteiger partial charge in [-0.2, -0.15) is 0 Å². The molecule has 24 heavy (non-hydrogen) atoms. The SMILES string of the molecule is Cc1ccc(NC(=O)C2CC2C(=O)Nc2ccccc2C)c(Br)c1. The number of carbonyl (C=O) groups is 2. The van der Waals surface area contributed by atoms with Crippen molar-refractivity contribution in [1.82, 2.24) is 0 Å². The number of hydrogen-bond donors (Lipinski definition) is 2. The molecule has 2 amide bonds. The topological polar surface area (TPSA) is 58.2 Å². The van der Waals surface area contributed by atoms with Gasteiger partial charge >= 0.3 is 0 Å². The van der Waals surface area contributed by atoms with E-state index in [1.54, 1.807) is 0 Å². The molecule has 1 fully saturated rings. The predicted octanol–water partition coefficient (Wildman–Crippen LogP) is 4.28. The van der Waals surface area contributed by atoms with Crippen LogP contribution in [0.1, 0.15) is 17.5 Å². The van der Waals surface area contributed by atoms with Crippen molar-refractivity contribution >= 4 is 39.1 Å². The molecule has 0 spiro atoms. The summed E-state index contributed by atoms with van der Waals surface area (Å²) < 4.78 is 0.845. The Balaban J connectivity index is 1.59. The van der Waals surface area contributed by atoms with Gasteiger partial charge in [-0.05, 0) is 65.5 Å². The molecule has 4 nitrogen and oxygen atoms in total. The van der Waals surface area contributed by atoms with Gasteiger partial charge in [0.15, 0.2) is 0 Å². The van der Waals surface area contributed by atoms with E-state index >= 15 is 0 Å². The average molecular weight is 387 g/mol. The highest BCUT2D eigenvalue weighted by Gasteiger charge is 2.48. The molecule has 124 valence electrons. The number of hydrogen-bond acceptors (Lipinski definition) is 2. The van der Waals surface area contributed by atoms with Gasteiger partial charge in [0.05, 0.1) is 17.5 Å². The molecule has 1 saturated carbocycles. The lowest BCUT2D eigenvalue weighted by molar-refractivity contribution is -0.122. The second kappa shape index (κ2) is 6.77. The maximum absolute atomic E-state index is 12.3. The second-order valence-corrected chi connectivity index (χ2v) is 7.08. The molecule has 0 bridgehead atoms. The molecule has 0 aromatic heterocycles. The lowest BCUT2D eigenvalue weighted by Crippen LogP contribution is -2.21. The number of anilines is 2. The van der Waals surface area contributed by atoms with E-state index in [0.29, 0.717) is 6.42 Å². The first-order chi connectivity index (χ1) is 11.5. The summed E-state index contributed by atoms with van der Waals surface area (Å²) in [6, 6.07) is 13.4. The average Bonchev–Trinajstić information content (AvgIpc) is 3.33. The van der Waals surface area contributed by atoms with Gasteiger partial charge in [-0.3, -0.25) is 9.59 Å². The lowest BCUT2D eigenvalue weighted by atomic mass is 10.2.